The van der Waals surface area contributed by atoms with Gasteiger partial charge in [-0.3, -0.25) is 4.57 Å². The van der Waals surface area contributed by atoms with Crippen molar-refractivity contribution in [2.45, 2.75) is 27.3 Å². The van der Waals surface area contributed by atoms with Gasteiger partial charge in [-0.2, -0.15) is 0 Å². The topological polar surface area (TPSA) is 55.9 Å². The van der Waals surface area contributed by atoms with Crippen LogP contribution in [0.25, 0.3) is 11.4 Å². The lowest BCUT2D eigenvalue weighted by molar-refractivity contribution is 0.534. The summed E-state index contributed by atoms with van der Waals surface area (Å²) >= 11 is 0. The van der Waals surface area contributed by atoms with Gasteiger partial charge in [-0.25, -0.2) is 0 Å². The summed E-state index contributed by atoms with van der Waals surface area (Å²) in [7, 11) is 0. The zero-order valence-electron chi connectivity index (χ0n) is 9.82. The normalized spacial score (nSPS) is 10.7. The number of aryl methyl sites for hydroxylation is 1. The number of hydrogen-bond donors (Lipinski definition) is 1. The van der Waals surface area contributed by atoms with E-state index in [0.717, 1.165) is 36.2 Å². The lowest BCUT2D eigenvalue weighted by Gasteiger charge is -2.06. The van der Waals surface area contributed by atoms with Gasteiger partial charge < -0.3 is 9.73 Å². The zero-order chi connectivity index (χ0) is 11.5. The largest absolute Gasteiger partial charge is 0.469 e. The van der Waals surface area contributed by atoms with Crippen molar-refractivity contribution in [2.24, 2.45) is 0 Å². The van der Waals surface area contributed by atoms with Crippen molar-refractivity contribution >= 4 is 5.95 Å². The molecule has 0 spiro atoms. The van der Waals surface area contributed by atoms with Gasteiger partial charge in [-0.15, -0.1) is 10.2 Å². The SMILES string of the molecule is CCNc1nnc(-c2coc(C)c2)n1CC. The van der Waals surface area contributed by atoms with Crippen LogP contribution in [0.4, 0.5) is 5.95 Å². The minimum atomic E-state index is 0.804. The summed E-state index contributed by atoms with van der Waals surface area (Å²) in [6.07, 6.45) is 1.71. The molecule has 0 atom stereocenters. The fourth-order valence-corrected chi connectivity index (χ4v) is 1.67. The first-order valence-electron chi connectivity index (χ1n) is 5.48. The highest BCUT2D eigenvalue weighted by Crippen LogP contribution is 2.22. The second-order valence-electron chi connectivity index (χ2n) is 3.57. The summed E-state index contributed by atoms with van der Waals surface area (Å²) in [6.45, 7) is 7.69. The summed E-state index contributed by atoms with van der Waals surface area (Å²) in [4.78, 5) is 0. The van der Waals surface area contributed by atoms with Gasteiger partial charge in [0.15, 0.2) is 5.82 Å². The summed E-state index contributed by atoms with van der Waals surface area (Å²) < 4.78 is 7.32. The minimum Gasteiger partial charge on any atom is -0.469 e. The number of anilines is 1. The lowest BCUT2D eigenvalue weighted by atomic mass is 10.3. The molecule has 0 aliphatic carbocycles. The van der Waals surface area contributed by atoms with Gasteiger partial charge in [0.05, 0.1) is 5.56 Å². The van der Waals surface area contributed by atoms with Crippen LogP contribution in [0.2, 0.25) is 0 Å². The van der Waals surface area contributed by atoms with Crippen LogP contribution in [0.5, 0.6) is 0 Å². The van der Waals surface area contributed by atoms with Gasteiger partial charge in [0.2, 0.25) is 5.95 Å². The average Bonchev–Trinajstić information content (AvgIpc) is 2.85. The van der Waals surface area contributed by atoms with E-state index in [1.807, 2.05) is 24.5 Å². The van der Waals surface area contributed by atoms with E-state index in [1.165, 1.54) is 0 Å². The molecule has 0 bridgehead atoms. The Morgan fingerprint density at radius 1 is 1.38 bits per heavy atom. The monoisotopic (exact) mass is 220 g/mol. The maximum atomic E-state index is 5.29. The molecule has 0 saturated heterocycles. The third-order valence-corrected chi connectivity index (χ3v) is 2.39. The number of nitrogens with zero attached hydrogens (tertiary/aromatic N) is 3. The molecule has 0 aromatic carbocycles. The van der Waals surface area contributed by atoms with Crippen molar-refractivity contribution in [2.75, 3.05) is 11.9 Å². The number of furan rings is 1. The van der Waals surface area contributed by atoms with Crippen molar-refractivity contribution in [3.63, 3.8) is 0 Å². The molecule has 0 amide bonds. The molecule has 2 rings (SSSR count). The Labute approximate surface area is 94.5 Å². The lowest BCUT2D eigenvalue weighted by Crippen LogP contribution is -2.06. The molecule has 0 aliphatic rings. The third-order valence-electron chi connectivity index (χ3n) is 2.39. The maximum Gasteiger partial charge on any atom is 0.224 e. The quantitative estimate of drug-likeness (QED) is 0.859. The molecule has 0 unspecified atom stereocenters. The van der Waals surface area contributed by atoms with Crippen molar-refractivity contribution < 1.29 is 4.42 Å². The molecule has 0 radical (unpaired) electrons. The Hall–Kier alpha value is -1.78. The predicted octanol–water partition coefficient (Wildman–Crippen LogP) is 2.30. The fraction of sp³-hybridized carbons (Fsp3) is 0.455. The van der Waals surface area contributed by atoms with E-state index in [0.29, 0.717) is 0 Å². The van der Waals surface area contributed by atoms with Crippen LogP contribution in [0.3, 0.4) is 0 Å². The summed E-state index contributed by atoms with van der Waals surface area (Å²) in [5, 5.41) is 11.5. The van der Waals surface area contributed by atoms with Gasteiger partial charge in [0, 0.05) is 13.1 Å². The first-order valence-corrected chi connectivity index (χ1v) is 5.48. The molecule has 86 valence electrons. The van der Waals surface area contributed by atoms with Gasteiger partial charge in [-0.05, 0) is 26.8 Å². The van der Waals surface area contributed by atoms with Gasteiger partial charge >= 0.3 is 0 Å². The predicted molar refractivity (Wildman–Crippen MR) is 62.3 cm³/mol. The second-order valence-corrected chi connectivity index (χ2v) is 3.57. The molecule has 1 N–H and O–H groups in total. The van der Waals surface area contributed by atoms with Crippen LogP contribution in [-0.4, -0.2) is 21.3 Å². The average molecular weight is 220 g/mol. The van der Waals surface area contributed by atoms with Crippen LogP contribution in [-0.2, 0) is 6.54 Å². The highest BCUT2D eigenvalue weighted by atomic mass is 16.3. The Morgan fingerprint density at radius 3 is 2.75 bits per heavy atom. The molecule has 16 heavy (non-hydrogen) atoms. The van der Waals surface area contributed by atoms with E-state index < -0.39 is 0 Å². The van der Waals surface area contributed by atoms with E-state index in [1.54, 1.807) is 6.26 Å². The Bertz CT molecular complexity index is 472. The van der Waals surface area contributed by atoms with Gasteiger partial charge in [0.1, 0.15) is 12.0 Å². The van der Waals surface area contributed by atoms with Crippen LogP contribution in [0.15, 0.2) is 16.7 Å². The maximum absolute atomic E-state index is 5.29. The number of rotatable bonds is 4. The fourth-order valence-electron chi connectivity index (χ4n) is 1.67. The van der Waals surface area contributed by atoms with Crippen molar-refractivity contribution in [3.8, 4) is 11.4 Å². The molecule has 0 aliphatic heterocycles. The molecule has 5 heteroatoms. The van der Waals surface area contributed by atoms with Crippen LogP contribution >= 0.6 is 0 Å². The number of aromatic nitrogens is 3. The first-order chi connectivity index (χ1) is 7.76. The molecular formula is C11H16N4O. The van der Waals surface area contributed by atoms with Crippen LogP contribution in [0, 0.1) is 6.92 Å². The van der Waals surface area contributed by atoms with Crippen LogP contribution in [0.1, 0.15) is 19.6 Å². The molecule has 0 fully saturated rings. The second kappa shape index (κ2) is 4.38. The summed E-state index contributed by atoms with van der Waals surface area (Å²) in [6, 6.07) is 1.96. The minimum absolute atomic E-state index is 0.804. The molecule has 0 saturated carbocycles. The van der Waals surface area contributed by atoms with E-state index in [-0.39, 0.29) is 0 Å². The molecular weight excluding hydrogens is 204 g/mol. The van der Waals surface area contributed by atoms with E-state index in [4.69, 9.17) is 4.42 Å². The first kappa shape index (κ1) is 10.7. The van der Waals surface area contributed by atoms with E-state index >= 15 is 0 Å². The molecule has 2 heterocycles. The number of hydrogen-bond acceptors (Lipinski definition) is 4. The molecule has 2 aromatic heterocycles. The smallest absolute Gasteiger partial charge is 0.224 e. The Morgan fingerprint density at radius 2 is 2.19 bits per heavy atom. The zero-order valence-corrected chi connectivity index (χ0v) is 9.82. The standard InChI is InChI=1S/C11H16N4O/c1-4-12-11-14-13-10(15(11)5-2)9-6-8(3)16-7-9/h6-7H,4-5H2,1-3H3,(H,12,14). The third kappa shape index (κ3) is 1.80. The molecule has 2 aromatic rings. The van der Waals surface area contributed by atoms with Crippen LogP contribution < -0.4 is 5.32 Å². The summed E-state index contributed by atoms with van der Waals surface area (Å²) in [5.74, 6) is 2.53. The van der Waals surface area contributed by atoms with Crippen molar-refractivity contribution in [1.82, 2.24) is 14.8 Å². The van der Waals surface area contributed by atoms with Crippen molar-refractivity contribution in [1.29, 1.82) is 0 Å². The highest BCUT2D eigenvalue weighted by Gasteiger charge is 2.13. The Balaban J connectivity index is 2.41. The van der Waals surface area contributed by atoms with Gasteiger partial charge in [-0.1, -0.05) is 0 Å². The van der Waals surface area contributed by atoms with E-state index in [9.17, 15) is 0 Å². The number of nitrogens with one attached hydrogen (secondary N) is 1. The molecule has 5 nitrogen and oxygen atoms in total. The Kier molecular flexibility index (Phi) is 2.94. The van der Waals surface area contributed by atoms with E-state index in [2.05, 4.69) is 22.4 Å². The van der Waals surface area contributed by atoms with Crippen molar-refractivity contribution in [3.05, 3.63) is 18.1 Å². The summed E-state index contributed by atoms with van der Waals surface area (Å²) in [5.41, 5.74) is 0.969. The van der Waals surface area contributed by atoms with Gasteiger partial charge in [0.25, 0.3) is 0 Å². The highest BCUT2D eigenvalue weighted by molar-refractivity contribution is 5.56.